The SMILES string of the molecule is Cn1cnnc1C1(c2cc(C3CC3)nc(N3Cc4c(cc(CN(C(=O)O)C5(C)CCC5)cc4C(F)(F)F)C3=O)c2)CC(F)(F)C1. The van der Waals surface area contributed by atoms with Crippen LogP contribution in [0.3, 0.4) is 0 Å². The number of nitrogens with zero attached hydrogens (tertiary/aromatic N) is 6. The van der Waals surface area contributed by atoms with E-state index in [2.05, 4.69) is 15.2 Å². The molecule has 0 unspecified atom stereocenters. The van der Waals surface area contributed by atoms with E-state index in [9.17, 15) is 36.6 Å². The second kappa shape index (κ2) is 9.70. The van der Waals surface area contributed by atoms with Gasteiger partial charge in [-0.2, -0.15) is 13.2 Å². The van der Waals surface area contributed by atoms with Gasteiger partial charge >= 0.3 is 12.3 Å². The minimum Gasteiger partial charge on any atom is -0.465 e. The van der Waals surface area contributed by atoms with Crippen molar-refractivity contribution in [3.8, 4) is 0 Å². The van der Waals surface area contributed by atoms with Crippen LogP contribution in [0.25, 0.3) is 0 Å². The highest BCUT2D eigenvalue weighted by atomic mass is 19.4. The molecule has 2 amide bonds. The van der Waals surface area contributed by atoms with Crippen LogP contribution in [0.2, 0.25) is 0 Å². The first-order valence-electron chi connectivity index (χ1n) is 14.9. The number of hydrogen-bond acceptors (Lipinski definition) is 5. The maximum absolute atomic E-state index is 14.5. The van der Waals surface area contributed by atoms with Crippen molar-refractivity contribution < 1.29 is 36.6 Å². The van der Waals surface area contributed by atoms with Crippen molar-refractivity contribution >= 4 is 17.8 Å². The van der Waals surface area contributed by atoms with Crippen molar-refractivity contribution in [2.75, 3.05) is 4.90 Å². The van der Waals surface area contributed by atoms with Crippen LogP contribution in [0.5, 0.6) is 0 Å². The van der Waals surface area contributed by atoms with Gasteiger partial charge in [0, 0.05) is 49.1 Å². The lowest BCUT2D eigenvalue weighted by atomic mass is 9.61. The Balaban J connectivity index is 1.30. The van der Waals surface area contributed by atoms with Crippen LogP contribution in [-0.4, -0.2) is 53.2 Å². The van der Waals surface area contributed by atoms with E-state index in [-0.39, 0.29) is 35.0 Å². The van der Waals surface area contributed by atoms with Crippen LogP contribution >= 0.6 is 0 Å². The number of aryl methyl sites for hydroxylation is 1. The van der Waals surface area contributed by atoms with Gasteiger partial charge in [0.25, 0.3) is 11.8 Å². The zero-order valence-electron chi connectivity index (χ0n) is 24.7. The van der Waals surface area contributed by atoms with E-state index in [1.165, 1.54) is 18.5 Å². The lowest BCUT2D eigenvalue weighted by Gasteiger charge is -2.47. The Kier molecular flexibility index (Phi) is 6.38. The summed E-state index contributed by atoms with van der Waals surface area (Å²) in [6.07, 6.45) is -2.06. The third-order valence-corrected chi connectivity index (χ3v) is 9.98. The third kappa shape index (κ3) is 4.83. The molecular weight excluding hydrogens is 599 g/mol. The van der Waals surface area contributed by atoms with Gasteiger partial charge in [-0.25, -0.2) is 18.6 Å². The van der Waals surface area contributed by atoms with Crippen molar-refractivity contribution in [2.45, 2.75) is 93.9 Å². The number of carbonyl (C=O) groups is 2. The summed E-state index contributed by atoms with van der Waals surface area (Å²) < 4.78 is 73.9. The molecule has 0 bridgehead atoms. The molecule has 1 aromatic carbocycles. The Morgan fingerprint density at radius 2 is 1.84 bits per heavy atom. The van der Waals surface area contributed by atoms with E-state index in [1.807, 2.05) is 0 Å². The highest BCUT2D eigenvalue weighted by molar-refractivity contribution is 6.10. The van der Waals surface area contributed by atoms with Gasteiger partial charge < -0.3 is 9.67 Å². The predicted molar refractivity (Wildman–Crippen MR) is 150 cm³/mol. The second-order valence-corrected chi connectivity index (χ2v) is 13.2. The predicted octanol–water partition coefficient (Wildman–Crippen LogP) is 6.40. The molecule has 0 radical (unpaired) electrons. The fourth-order valence-electron chi connectivity index (χ4n) is 7.21. The van der Waals surface area contributed by atoms with Crippen LogP contribution in [0.4, 0.5) is 32.6 Å². The Morgan fingerprint density at radius 3 is 2.38 bits per heavy atom. The van der Waals surface area contributed by atoms with E-state index < -0.39 is 60.0 Å². The summed E-state index contributed by atoms with van der Waals surface area (Å²) in [7, 11) is 1.66. The largest absolute Gasteiger partial charge is 0.465 e. The van der Waals surface area contributed by atoms with Gasteiger partial charge in [0.1, 0.15) is 18.0 Å². The van der Waals surface area contributed by atoms with E-state index >= 15 is 0 Å². The number of anilines is 1. The number of fused-ring (bicyclic) bond motifs is 1. The Bertz CT molecular complexity index is 1720. The van der Waals surface area contributed by atoms with Crippen molar-refractivity contribution in [1.82, 2.24) is 24.6 Å². The smallest absolute Gasteiger partial charge is 0.416 e. The van der Waals surface area contributed by atoms with E-state index in [1.54, 1.807) is 24.6 Å². The molecule has 238 valence electrons. The average molecular weight is 631 g/mol. The summed E-state index contributed by atoms with van der Waals surface area (Å²) in [6, 6.07) is 5.52. The molecule has 0 spiro atoms. The van der Waals surface area contributed by atoms with Gasteiger partial charge in [-0.15, -0.1) is 10.2 Å². The number of pyridine rings is 1. The van der Waals surface area contributed by atoms with Gasteiger partial charge in [0.05, 0.1) is 17.5 Å². The molecule has 3 aliphatic carbocycles. The number of amides is 2. The first kappa shape index (κ1) is 29.6. The molecule has 3 fully saturated rings. The van der Waals surface area contributed by atoms with Gasteiger partial charge in [0.2, 0.25) is 0 Å². The van der Waals surface area contributed by atoms with Crippen LogP contribution < -0.4 is 4.90 Å². The molecule has 7 rings (SSSR count). The minimum absolute atomic E-state index is 0.0492. The third-order valence-electron chi connectivity index (χ3n) is 9.98. The topological polar surface area (TPSA) is 104 Å². The molecule has 2 aromatic heterocycles. The van der Waals surface area contributed by atoms with Crippen LogP contribution in [-0.2, 0) is 31.7 Å². The van der Waals surface area contributed by atoms with E-state index in [4.69, 9.17) is 0 Å². The van der Waals surface area contributed by atoms with Gasteiger partial charge in [0.15, 0.2) is 0 Å². The Morgan fingerprint density at radius 1 is 1.13 bits per heavy atom. The highest BCUT2D eigenvalue weighted by Gasteiger charge is 2.61. The van der Waals surface area contributed by atoms with E-state index in [0.717, 1.165) is 35.1 Å². The van der Waals surface area contributed by atoms with Crippen molar-refractivity contribution in [3.05, 3.63) is 69.9 Å². The molecule has 3 aromatic rings. The monoisotopic (exact) mass is 630 g/mol. The molecule has 0 atom stereocenters. The number of carbonyl (C=O) groups excluding carboxylic acids is 1. The summed E-state index contributed by atoms with van der Waals surface area (Å²) in [4.78, 5) is 33.0. The normalized spacial score (nSPS) is 21.2. The molecule has 1 N–H and O–H groups in total. The van der Waals surface area contributed by atoms with Crippen LogP contribution in [0.15, 0.2) is 30.6 Å². The first-order valence-corrected chi connectivity index (χ1v) is 14.9. The molecule has 14 heteroatoms. The standard InChI is InChI=1S/C31H31F5N6O3/c1-28(6-3-7-28)42(27(44)45)12-17-8-20-21(22(9-17)31(34,35)36)13-41(25(20)43)24-11-19(10-23(38-24)18-4-5-18)29(14-30(32,33)15-29)26-39-37-16-40(26)2/h8-11,16,18H,3-7,12-15H2,1-2H3,(H,44,45). The molecule has 1 aliphatic heterocycles. The van der Waals surface area contributed by atoms with Crippen LogP contribution in [0.1, 0.15) is 102 Å². The van der Waals surface area contributed by atoms with Crippen molar-refractivity contribution in [2.24, 2.45) is 7.05 Å². The number of halogens is 5. The maximum Gasteiger partial charge on any atom is 0.416 e. The number of benzene rings is 1. The minimum atomic E-state index is -4.81. The molecule has 0 saturated heterocycles. The van der Waals surface area contributed by atoms with Crippen molar-refractivity contribution in [3.63, 3.8) is 0 Å². The number of alkyl halides is 5. The number of rotatable bonds is 7. The quantitative estimate of drug-likeness (QED) is 0.303. The van der Waals surface area contributed by atoms with Crippen molar-refractivity contribution in [1.29, 1.82) is 0 Å². The van der Waals surface area contributed by atoms with E-state index in [0.29, 0.717) is 29.9 Å². The zero-order chi connectivity index (χ0) is 32.1. The molecule has 4 aliphatic rings. The lowest BCUT2D eigenvalue weighted by molar-refractivity contribution is -0.138. The molecule has 9 nitrogen and oxygen atoms in total. The fourth-order valence-corrected chi connectivity index (χ4v) is 7.21. The van der Waals surface area contributed by atoms with Crippen LogP contribution in [0, 0.1) is 0 Å². The van der Waals surface area contributed by atoms with Gasteiger partial charge in [-0.1, -0.05) is 0 Å². The fraction of sp³-hybridized carbons (Fsp3) is 0.516. The summed E-state index contributed by atoms with van der Waals surface area (Å²) in [5.74, 6) is -3.21. The summed E-state index contributed by atoms with van der Waals surface area (Å²) in [5, 5.41) is 17.9. The molecule has 3 saturated carbocycles. The molecule has 3 heterocycles. The Hall–Kier alpha value is -4.10. The first-order chi connectivity index (χ1) is 21.1. The highest BCUT2D eigenvalue weighted by Crippen LogP contribution is 2.57. The molecular formula is C31H31F5N6O3. The number of aromatic nitrogens is 4. The average Bonchev–Trinajstić information content (AvgIpc) is 3.62. The summed E-state index contributed by atoms with van der Waals surface area (Å²) in [6.45, 7) is 1.04. The maximum atomic E-state index is 14.5. The zero-order valence-corrected chi connectivity index (χ0v) is 24.7. The number of carboxylic acid groups (broad SMARTS) is 1. The molecule has 45 heavy (non-hydrogen) atoms. The number of hydrogen-bond donors (Lipinski definition) is 1. The van der Waals surface area contributed by atoms with Gasteiger partial charge in [-0.3, -0.25) is 14.6 Å². The summed E-state index contributed by atoms with van der Waals surface area (Å²) in [5.41, 5.74) is -2.22. The second-order valence-electron chi connectivity index (χ2n) is 13.2. The Labute approximate surface area is 255 Å². The lowest BCUT2D eigenvalue weighted by Crippen LogP contribution is -2.53. The van der Waals surface area contributed by atoms with Gasteiger partial charge in [-0.05, 0) is 80.0 Å². The summed E-state index contributed by atoms with van der Waals surface area (Å²) >= 11 is 0.